The average molecular weight is 238 g/mol. The summed E-state index contributed by atoms with van der Waals surface area (Å²) in [7, 11) is 0. The van der Waals surface area contributed by atoms with Gasteiger partial charge in [0.1, 0.15) is 19.0 Å². The van der Waals surface area contributed by atoms with Gasteiger partial charge in [0, 0.05) is 0 Å². The second-order valence-electron chi connectivity index (χ2n) is 4.67. The molecule has 1 fully saturated rings. The summed E-state index contributed by atoms with van der Waals surface area (Å²) in [6.07, 6.45) is 5.69. The van der Waals surface area contributed by atoms with Crippen molar-refractivity contribution >= 4 is 11.9 Å². The van der Waals surface area contributed by atoms with E-state index in [0.717, 1.165) is 31.6 Å². The highest BCUT2D eigenvalue weighted by Crippen LogP contribution is 2.25. The van der Waals surface area contributed by atoms with Gasteiger partial charge < -0.3 is 10.5 Å². The SMILES string of the molecule is CC1CCC(OC(=O)Cn2cnc(N)n2)CC1. The highest BCUT2D eigenvalue weighted by molar-refractivity contribution is 5.69. The van der Waals surface area contributed by atoms with Crippen LogP contribution in [-0.4, -0.2) is 26.8 Å². The first kappa shape index (κ1) is 11.9. The molecule has 17 heavy (non-hydrogen) atoms. The molecule has 0 aliphatic heterocycles. The van der Waals surface area contributed by atoms with Crippen LogP contribution < -0.4 is 5.73 Å². The fourth-order valence-corrected chi connectivity index (χ4v) is 2.09. The van der Waals surface area contributed by atoms with Crippen molar-refractivity contribution in [3.63, 3.8) is 0 Å². The highest BCUT2D eigenvalue weighted by atomic mass is 16.5. The first-order chi connectivity index (χ1) is 8.13. The number of anilines is 1. The van der Waals surface area contributed by atoms with E-state index in [1.165, 1.54) is 11.0 Å². The van der Waals surface area contributed by atoms with Crippen molar-refractivity contribution in [2.75, 3.05) is 5.73 Å². The summed E-state index contributed by atoms with van der Waals surface area (Å²) >= 11 is 0. The Morgan fingerprint density at radius 3 is 2.82 bits per heavy atom. The monoisotopic (exact) mass is 238 g/mol. The van der Waals surface area contributed by atoms with Gasteiger partial charge in [-0.1, -0.05) is 6.92 Å². The van der Waals surface area contributed by atoms with Gasteiger partial charge in [-0.2, -0.15) is 0 Å². The number of rotatable bonds is 3. The molecule has 1 aliphatic carbocycles. The Bertz CT molecular complexity index is 383. The first-order valence-electron chi connectivity index (χ1n) is 5.98. The van der Waals surface area contributed by atoms with E-state index in [9.17, 15) is 4.79 Å². The fourth-order valence-electron chi connectivity index (χ4n) is 2.09. The van der Waals surface area contributed by atoms with Gasteiger partial charge in [-0.3, -0.25) is 4.79 Å². The minimum Gasteiger partial charge on any atom is -0.461 e. The zero-order valence-electron chi connectivity index (χ0n) is 10.0. The van der Waals surface area contributed by atoms with Crippen LogP contribution in [0, 0.1) is 5.92 Å². The number of carbonyl (C=O) groups excluding carboxylic acids is 1. The van der Waals surface area contributed by atoms with E-state index in [-0.39, 0.29) is 24.6 Å². The van der Waals surface area contributed by atoms with Crippen molar-refractivity contribution in [1.82, 2.24) is 14.8 Å². The Kier molecular flexibility index (Phi) is 3.61. The molecule has 1 aromatic rings. The van der Waals surface area contributed by atoms with Gasteiger partial charge in [-0.15, -0.1) is 5.10 Å². The van der Waals surface area contributed by atoms with E-state index in [2.05, 4.69) is 17.0 Å². The van der Waals surface area contributed by atoms with E-state index in [0.29, 0.717) is 0 Å². The number of esters is 1. The van der Waals surface area contributed by atoms with Crippen LogP contribution in [0.1, 0.15) is 32.6 Å². The van der Waals surface area contributed by atoms with Gasteiger partial charge >= 0.3 is 5.97 Å². The molecule has 94 valence electrons. The molecule has 0 aromatic carbocycles. The van der Waals surface area contributed by atoms with Crippen LogP contribution in [0.25, 0.3) is 0 Å². The lowest BCUT2D eigenvalue weighted by molar-refractivity contribution is -0.151. The van der Waals surface area contributed by atoms with Crippen LogP contribution >= 0.6 is 0 Å². The van der Waals surface area contributed by atoms with Gasteiger partial charge in [0.15, 0.2) is 0 Å². The smallest absolute Gasteiger partial charge is 0.328 e. The maximum atomic E-state index is 11.6. The highest BCUT2D eigenvalue weighted by Gasteiger charge is 2.21. The minimum atomic E-state index is -0.269. The number of hydrogen-bond donors (Lipinski definition) is 1. The second-order valence-corrected chi connectivity index (χ2v) is 4.67. The first-order valence-corrected chi connectivity index (χ1v) is 5.98. The van der Waals surface area contributed by atoms with Crippen LogP contribution in [0.4, 0.5) is 5.95 Å². The third-order valence-electron chi connectivity index (χ3n) is 3.11. The van der Waals surface area contributed by atoms with Crippen LogP contribution in [0.3, 0.4) is 0 Å². The van der Waals surface area contributed by atoms with E-state index in [1.54, 1.807) is 0 Å². The van der Waals surface area contributed by atoms with Crippen LogP contribution in [0.5, 0.6) is 0 Å². The lowest BCUT2D eigenvalue weighted by atomic mass is 9.89. The molecule has 6 nitrogen and oxygen atoms in total. The molecule has 0 spiro atoms. The zero-order chi connectivity index (χ0) is 12.3. The summed E-state index contributed by atoms with van der Waals surface area (Å²) in [6.45, 7) is 2.31. The van der Waals surface area contributed by atoms with E-state index in [1.807, 2.05) is 0 Å². The van der Waals surface area contributed by atoms with Crippen molar-refractivity contribution in [2.45, 2.75) is 45.3 Å². The molecule has 0 unspecified atom stereocenters. The Morgan fingerprint density at radius 1 is 1.53 bits per heavy atom. The summed E-state index contributed by atoms with van der Waals surface area (Å²) in [5, 5.41) is 3.84. The molecule has 2 rings (SSSR count). The molecular weight excluding hydrogens is 220 g/mol. The third-order valence-corrected chi connectivity index (χ3v) is 3.11. The number of hydrogen-bond acceptors (Lipinski definition) is 5. The van der Waals surface area contributed by atoms with E-state index in [4.69, 9.17) is 10.5 Å². The van der Waals surface area contributed by atoms with Gasteiger partial charge in [0.05, 0.1) is 0 Å². The van der Waals surface area contributed by atoms with Gasteiger partial charge in [0.2, 0.25) is 5.95 Å². The quantitative estimate of drug-likeness (QED) is 0.794. The molecule has 1 heterocycles. The number of carbonyl (C=O) groups is 1. The van der Waals surface area contributed by atoms with Gasteiger partial charge in [-0.05, 0) is 31.6 Å². The summed E-state index contributed by atoms with van der Waals surface area (Å²) in [4.78, 5) is 15.4. The molecule has 1 aromatic heterocycles. The van der Waals surface area contributed by atoms with Crippen molar-refractivity contribution in [3.05, 3.63) is 6.33 Å². The summed E-state index contributed by atoms with van der Waals surface area (Å²) in [5.41, 5.74) is 5.36. The van der Waals surface area contributed by atoms with Crippen molar-refractivity contribution < 1.29 is 9.53 Å². The second kappa shape index (κ2) is 5.16. The lowest BCUT2D eigenvalue weighted by Gasteiger charge is -2.25. The number of aromatic nitrogens is 3. The predicted octanol–water partition coefficient (Wildman–Crippen LogP) is 0.982. The van der Waals surface area contributed by atoms with Gasteiger partial charge in [-0.25, -0.2) is 9.67 Å². The molecule has 1 aliphatic rings. The fraction of sp³-hybridized carbons (Fsp3) is 0.727. The van der Waals surface area contributed by atoms with E-state index < -0.39 is 0 Å². The van der Waals surface area contributed by atoms with Crippen molar-refractivity contribution in [3.8, 4) is 0 Å². The zero-order valence-corrected chi connectivity index (χ0v) is 10.0. The Hall–Kier alpha value is -1.59. The van der Waals surface area contributed by atoms with Crippen LogP contribution in [0.2, 0.25) is 0 Å². The topological polar surface area (TPSA) is 83.0 Å². The Balaban J connectivity index is 1.77. The third kappa shape index (κ3) is 3.44. The molecular formula is C11H18N4O2. The number of nitrogen functional groups attached to an aromatic ring is 1. The van der Waals surface area contributed by atoms with Gasteiger partial charge in [0.25, 0.3) is 0 Å². The number of nitrogens with zero attached hydrogens (tertiary/aromatic N) is 3. The molecule has 0 saturated heterocycles. The Labute approximate surface area is 100 Å². The number of nitrogens with two attached hydrogens (primary N) is 1. The molecule has 0 amide bonds. The van der Waals surface area contributed by atoms with Crippen LogP contribution in [-0.2, 0) is 16.1 Å². The van der Waals surface area contributed by atoms with Crippen LogP contribution in [0.15, 0.2) is 6.33 Å². The standard InChI is InChI=1S/C11H18N4O2/c1-8-2-4-9(5-3-8)17-10(16)6-15-7-13-11(12)14-15/h7-9H,2-6H2,1H3,(H2,12,14). The molecule has 1 saturated carbocycles. The summed E-state index contributed by atoms with van der Waals surface area (Å²) in [6, 6.07) is 0. The summed E-state index contributed by atoms with van der Waals surface area (Å²) < 4.78 is 6.78. The normalized spacial score (nSPS) is 24.5. The molecule has 2 N–H and O–H groups in total. The lowest BCUT2D eigenvalue weighted by Crippen LogP contribution is -2.25. The predicted molar refractivity (Wildman–Crippen MR) is 61.9 cm³/mol. The molecule has 6 heteroatoms. The maximum absolute atomic E-state index is 11.6. The average Bonchev–Trinajstić information content (AvgIpc) is 2.67. The maximum Gasteiger partial charge on any atom is 0.328 e. The number of ether oxygens (including phenoxy) is 1. The largest absolute Gasteiger partial charge is 0.461 e. The minimum absolute atomic E-state index is 0.0690. The van der Waals surface area contributed by atoms with Crippen molar-refractivity contribution in [2.24, 2.45) is 5.92 Å². The molecule has 0 radical (unpaired) electrons. The molecule has 0 atom stereocenters. The summed E-state index contributed by atoms with van der Waals surface area (Å²) in [5.74, 6) is 0.652. The van der Waals surface area contributed by atoms with E-state index >= 15 is 0 Å². The van der Waals surface area contributed by atoms with Crippen molar-refractivity contribution in [1.29, 1.82) is 0 Å². The Morgan fingerprint density at radius 2 is 2.24 bits per heavy atom. The molecule has 0 bridgehead atoms.